The lowest BCUT2D eigenvalue weighted by Crippen LogP contribution is -2.38. The summed E-state index contributed by atoms with van der Waals surface area (Å²) in [5.41, 5.74) is 8.11. The Kier molecular flexibility index (Phi) is 5.03. The molecule has 1 aromatic rings. The molecule has 2 rings (SSSR count). The molecule has 3 nitrogen and oxygen atoms in total. The summed E-state index contributed by atoms with van der Waals surface area (Å²) in [6.45, 7) is 7.37. The molecule has 1 aliphatic carbocycles. The van der Waals surface area contributed by atoms with Crippen LogP contribution in [0.2, 0.25) is 0 Å². The molecular weight excluding hydrogens is 260 g/mol. The van der Waals surface area contributed by atoms with E-state index in [4.69, 9.17) is 5.73 Å². The Labute approximate surface area is 127 Å². The normalized spacial score (nSPS) is 13.8. The van der Waals surface area contributed by atoms with Crippen molar-refractivity contribution in [1.82, 2.24) is 4.90 Å². The van der Waals surface area contributed by atoms with Gasteiger partial charge in [0.1, 0.15) is 0 Å². The number of carbonyl (C=O) groups is 1. The fraction of sp³-hybridized carbons (Fsp3) is 0.500. The van der Waals surface area contributed by atoms with Gasteiger partial charge in [-0.1, -0.05) is 11.8 Å². The third-order valence-electron chi connectivity index (χ3n) is 3.83. The highest BCUT2D eigenvalue weighted by Gasteiger charge is 2.28. The van der Waals surface area contributed by atoms with Gasteiger partial charge < -0.3 is 10.6 Å². The summed E-state index contributed by atoms with van der Waals surface area (Å²) < 4.78 is 0. The van der Waals surface area contributed by atoms with E-state index in [1.807, 2.05) is 30.0 Å². The monoisotopic (exact) mass is 284 g/mol. The minimum atomic E-state index is 0.123. The molecule has 1 amide bonds. The van der Waals surface area contributed by atoms with Crippen molar-refractivity contribution in [3.8, 4) is 11.8 Å². The number of nitrogens with two attached hydrogens (primary N) is 1. The molecule has 1 saturated carbocycles. The smallest absolute Gasteiger partial charge is 0.254 e. The maximum Gasteiger partial charge on any atom is 0.254 e. The second-order valence-corrected chi connectivity index (χ2v) is 6.03. The molecule has 0 radical (unpaired) electrons. The number of benzene rings is 1. The lowest BCUT2D eigenvalue weighted by molar-refractivity contribution is 0.0696. The van der Waals surface area contributed by atoms with Gasteiger partial charge in [0.2, 0.25) is 0 Å². The fourth-order valence-corrected chi connectivity index (χ4v) is 2.36. The van der Waals surface area contributed by atoms with Gasteiger partial charge >= 0.3 is 0 Å². The summed E-state index contributed by atoms with van der Waals surface area (Å²) in [5, 5.41) is 0. The molecule has 21 heavy (non-hydrogen) atoms. The van der Waals surface area contributed by atoms with Crippen molar-refractivity contribution in [2.24, 2.45) is 11.7 Å². The van der Waals surface area contributed by atoms with Crippen LogP contribution in [0.15, 0.2) is 18.2 Å². The van der Waals surface area contributed by atoms with Crippen LogP contribution in [0.1, 0.15) is 48.2 Å². The first-order chi connectivity index (χ1) is 10.0. The van der Waals surface area contributed by atoms with Crippen molar-refractivity contribution in [2.75, 3.05) is 13.1 Å². The quantitative estimate of drug-likeness (QED) is 0.864. The number of nitrogens with zero attached hydrogens (tertiary/aromatic N) is 1. The Balaban J connectivity index is 2.19. The van der Waals surface area contributed by atoms with E-state index < -0.39 is 0 Å². The maximum absolute atomic E-state index is 12.7. The Bertz CT molecular complexity index is 577. The van der Waals surface area contributed by atoms with Crippen LogP contribution in [0, 0.1) is 24.7 Å². The molecular formula is C18H24N2O. The Morgan fingerprint density at radius 1 is 1.43 bits per heavy atom. The van der Waals surface area contributed by atoms with Gasteiger partial charge in [-0.05, 0) is 63.3 Å². The number of hydrogen-bond donors (Lipinski definition) is 1. The molecule has 0 saturated heterocycles. The zero-order valence-corrected chi connectivity index (χ0v) is 13.1. The van der Waals surface area contributed by atoms with E-state index in [1.165, 1.54) is 12.8 Å². The van der Waals surface area contributed by atoms with Gasteiger partial charge in [-0.25, -0.2) is 0 Å². The third-order valence-corrected chi connectivity index (χ3v) is 3.83. The second kappa shape index (κ2) is 6.78. The molecule has 0 bridgehead atoms. The van der Waals surface area contributed by atoms with Gasteiger partial charge in [-0.2, -0.15) is 0 Å². The summed E-state index contributed by atoms with van der Waals surface area (Å²) in [5.74, 6) is 6.71. The molecule has 112 valence electrons. The summed E-state index contributed by atoms with van der Waals surface area (Å²) in [4.78, 5) is 14.7. The predicted octanol–water partition coefficient (Wildman–Crippen LogP) is 2.57. The van der Waals surface area contributed by atoms with Crippen molar-refractivity contribution in [3.63, 3.8) is 0 Å². The fourth-order valence-electron chi connectivity index (χ4n) is 2.36. The van der Waals surface area contributed by atoms with E-state index in [1.54, 1.807) is 0 Å². The lowest BCUT2D eigenvalue weighted by atomic mass is 10.0. The van der Waals surface area contributed by atoms with Crippen LogP contribution in [0.3, 0.4) is 0 Å². The topological polar surface area (TPSA) is 46.3 Å². The van der Waals surface area contributed by atoms with Crippen LogP contribution >= 0.6 is 0 Å². The molecule has 0 heterocycles. The van der Waals surface area contributed by atoms with Gasteiger partial charge in [0.15, 0.2) is 0 Å². The van der Waals surface area contributed by atoms with Crippen LogP contribution in [0.25, 0.3) is 0 Å². The summed E-state index contributed by atoms with van der Waals surface area (Å²) in [7, 11) is 0. The molecule has 0 aliphatic heterocycles. The molecule has 0 atom stereocenters. The van der Waals surface area contributed by atoms with Crippen LogP contribution in [-0.2, 0) is 0 Å². The van der Waals surface area contributed by atoms with Crippen molar-refractivity contribution in [1.29, 1.82) is 0 Å². The second-order valence-electron chi connectivity index (χ2n) is 6.03. The standard InChI is InChI=1S/C18H24N2O/c1-13(2)20(12-15-6-7-15)18(21)17-9-8-16(5-4-10-19)14(3)11-17/h8-9,11,13,15H,6-7,10,12,19H2,1-3H3. The molecule has 2 N–H and O–H groups in total. The Hall–Kier alpha value is -1.79. The summed E-state index contributed by atoms with van der Waals surface area (Å²) in [6, 6.07) is 5.96. The highest BCUT2D eigenvalue weighted by molar-refractivity contribution is 5.94. The summed E-state index contributed by atoms with van der Waals surface area (Å²) >= 11 is 0. The van der Waals surface area contributed by atoms with Crippen LogP contribution in [0.4, 0.5) is 0 Å². The van der Waals surface area contributed by atoms with Gasteiger partial charge in [0, 0.05) is 23.7 Å². The number of carbonyl (C=O) groups excluding carboxylic acids is 1. The molecule has 1 aromatic carbocycles. The van der Waals surface area contributed by atoms with Gasteiger partial charge in [-0.15, -0.1) is 0 Å². The third kappa shape index (κ3) is 4.09. The van der Waals surface area contributed by atoms with E-state index in [0.717, 1.165) is 23.2 Å². The first-order valence-corrected chi connectivity index (χ1v) is 7.63. The first kappa shape index (κ1) is 15.6. The van der Waals surface area contributed by atoms with Gasteiger partial charge in [0.05, 0.1) is 6.54 Å². The highest BCUT2D eigenvalue weighted by atomic mass is 16.2. The number of aryl methyl sites for hydroxylation is 1. The van der Waals surface area contributed by atoms with E-state index in [-0.39, 0.29) is 11.9 Å². The zero-order chi connectivity index (χ0) is 15.4. The SMILES string of the molecule is Cc1cc(C(=O)N(CC2CC2)C(C)C)ccc1C#CCN. The zero-order valence-electron chi connectivity index (χ0n) is 13.1. The van der Waals surface area contributed by atoms with Crippen molar-refractivity contribution >= 4 is 5.91 Å². The number of rotatable bonds is 4. The van der Waals surface area contributed by atoms with E-state index in [0.29, 0.717) is 12.5 Å². The van der Waals surface area contributed by atoms with Gasteiger partial charge in [0.25, 0.3) is 5.91 Å². The maximum atomic E-state index is 12.7. The average Bonchev–Trinajstić information content (AvgIpc) is 3.26. The number of amides is 1. The molecule has 0 spiro atoms. The molecule has 1 aliphatic rings. The average molecular weight is 284 g/mol. The predicted molar refractivity (Wildman–Crippen MR) is 86.0 cm³/mol. The number of hydrogen-bond acceptors (Lipinski definition) is 2. The van der Waals surface area contributed by atoms with Crippen LogP contribution < -0.4 is 5.73 Å². The summed E-state index contributed by atoms with van der Waals surface area (Å²) in [6.07, 6.45) is 2.51. The Morgan fingerprint density at radius 2 is 2.14 bits per heavy atom. The van der Waals surface area contributed by atoms with E-state index in [9.17, 15) is 4.79 Å². The lowest BCUT2D eigenvalue weighted by Gasteiger charge is -2.27. The molecule has 1 fully saturated rings. The van der Waals surface area contributed by atoms with Crippen molar-refractivity contribution < 1.29 is 4.79 Å². The van der Waals surface area contributed by atoms with E-state index >= 15 is 0 Å². The Morgan fingerprint density at radius 3 is 2.67 bits per heavy atom. The molecule has 0 unspecified atom stereocenters. The van der Waals surface area contributed by atoms with Gasteiger partial charge in [-0.3, -0.25) is 4.79 Å². The van der Waals surface area contributed by atoms with Crippen molar-refractivity contribution in [3.05, 3.63) is 34.9 Å². The first-order valence-electron chi connectivity index (χ1n) is 7.63. The van der Waals surface area contributed by atoms with Crippen LogP contribution in [0.5, 0.6) is 0 Å². The van der Waals surface area contributed by atoms with Crippen molar-refractivity contribution in [2.45, 2.75) is 39.7 Å². The highest BCUT2D eigenvalue weighted by Crippen LogP contribution is 2.30. The van der Waals surface area contributed by atoms with Crippen LogP contribution in [-0.4, -0.2) is 29.9 Å². The molecule has 3 heteroatoms. The minimum Gasteiger partial charge on any atom is -0.336 e. The largest absolute Gasteiger partial charge is 0.336 e. The van der Waals surface area contributed by atoms with E-state index in [2.05, 4.69) is 25.7 Å². The molecule has 0 aromatic heterocycles. The minimum absolute atomic E-state index is 0.123.